The third-order valence-electron chi connectivity index (χ3n) is 6.05. The average molecular weight is 441 g/mol. The second kappa shape index (κ2) is 8.60. The molecule has 5 rings (SSSR count). The summed E-state index contributed by atoms with van der Waals surface area (Å²) >= 11 is 1.54. The van der Waals surface area contributed by atoms with Crippen LogP contribution in [0.5, 0.6) is 0 Å². The molecular weight excluding hydrogens is 416 g/mol. The van der Waals surface area contributed by atoms with Crippen LogP contribution < -0.4 is 10.6 Å². The molecule has 160 valence electrons. The lowest BCUT2D eigenvalue weighted by molar-refractivity contribution is 0.102. The Bertz CT molecular complexity index is 1330. The van der Waals surface area contributed by atoms with Gasteiger partial charge in [-0.15, -0.1) is 11.3 Å². The highest BCUT2D eigenvalue weighted by Crippen LogP contribution is 2.39. The van der Waals surface area contributed by atoms with Crippen molar-refractivity contribution in [3.8, 4) is 0 Å². The first-order valence-corrected chi connectivity index (χ1v) is 11.7. The van der Waals surface area contributed by atoms with Crippen molar-refractivity contribution < 1.29 is 9.59 Å². The number of thiophene rings is 1. The molecule has 0 saturated heterocycles. The normalized spacial score (nSPS) is 12.9. The van der Waals surface area contributed by atoms with Gasteiger partial charge in [0.25, 0.3) is 11.8 Å². The molecule has 1 aromatic heterocycles. The van der Waals surface area contributed by atoms with E-state index >= 15 is 0 Å². The fourth-order valence-electron chi connectivity index (χ4n) is 4.39. The summed E-state index contributed by atoms with van der Waals surface area (Å²) in [6, 6.07) is 21.3. The molecule has 1 aliphatic rings. The molecule has 0 unspecified atom stereocenters. The third-order valence-corrected chi connectivity index (χ3v) is 7.26. The Morgan fingerprint density at radius 1 is 0.812 bits per heavy atom. The minimum atomic E-state index is -0.190. The lowest BCUT2D eigenvalue weighted by Gasteiger charge is -2.14. The number of hydrogen-bond donors (Lipinski definition) is 2. The summed E-state index contributed by atoms with van der Waals surface area (Å²) in [4.78, 5) is 27.9. The molecule has 2 N–H and O–H groups in total. The van der Waals surface area contributed by atoms with Crippen LogP contribution in [-0.4, -0.2) is 11.8 Å². The summed E-state index contributed by atoms with van der Waals surface area (Å²) in [5.41, 5.74) is 4.10. The molecule has 4 aromatic rings. The van der Waals surface area contributed by atoms with Crippen molar-refractivity contribution in [3.63, 3.8) is 0 Å². The van der Waals surface area contributed by atoms with Crippen LogP contribution in [0, 0.1) is 6.92 Å². The summed E-state index contributed by atoms with van der Waals surface area (Å²) in [5, 5.41) is 8.70. The Labute approximate surface area is 191 Å². The molecule has 4 nitrogen and oxygen atoms in total. The van der Waals surface area contributed by atoms with E-state index in [9.17, 15) is 9.59 Å². The summed E-state index contributed by atoms with van der Waals surface area (Å²) in [5.74, 6) is -0.350. The van der Waals surface area contributed by atoms with E-state index in [-0.39, 0.29) is 11.8 Å². The largest absolute Gasteiger partial charge is 0.322 e. The summed E-state index contributed by atoms with van der Waals surface area (Å²) in [7, 11) is 0. The van der Waals surface area contributed by atoms with Gasteiger partial charge in [0.2, 0.25) is 0 Å². The number of hydrogen-bond acceptors (Lipinski definition) is 3. The molecule has 1 heterocycles. The highest BCUT2D eigenvalue weighted by atomic mass is 32.1. The average Bonchev–Trinajstić information content (AvgIpc) is 3.18. The first-order valence-electron chi connectivity index (χ1n) is 10.9. The Hall–Kier alpha value is -3.44. The van der Waals surface area contributed by atoms with Gasteiger partial charge in [-0.2, -0.15) is 0 Å². The lowest BCUT2D eigenvalue weighted by Crippen LogP contribution is -2.19. The zero-order valence-electron chi connectivity index (χ0n) is 17.9. The van der Waals surface area contributed by atoms with Crippen LogP contribution >= 0.6 is 11.3 Å². The number of amides is 2. The van der Waals surface area contributed by atoms with Crippen molar-refractivity contribution in [2.24, 2.45) is 0 Å². The van der Waals surface area contributed by atoms with Crippen LogP contribution in [0.15, 0.2) is 66.7 Å². The topological polar surface area (TPSA) is 58.2 Å². The standard InChI is InChI=1S/C27H24N2O2S/c1-17-9-2-6-15-22(17)28-26(31)24-21-13-5-7-16-23(21)32-27(24)29-25(30)20-14-8-11-18-10-3-4-12-19(18)20/h2-4,6,8-12,14-15H,5,7,13,16H2,1H3,(H,28,31)(H,29,30). The minimum absolute atomic E-state index is 0.160. The van der Waals surface area contributed by atoms with Gasteiger partial charge in [-0.1, -0.05) is 54.6 Å². The molecular formula is C27H24N2O2S. The van der Waals surface area contributed by atoms with Crippen LogP contribution in [-0.2, 0) is 12.8 Å². The van der Waals surface area contributed by atoms with Crippen molar-refractivity contribution >= 4 is 44.6 Å². The maximum Gasteiger partial charge on any atom is 0.258 e. The molecule has 0 bridgehead atoms. The smallest absolute Gasteiger partial charge is 0.258 e. The first-order chi connectivity index (χ1) is 15.6. The zero-order valence-corrected chi connectivity index (χ0v) is 18.7. The molecule has 5 heteroatoms. The van der Waals surface area contributed by atoms with E-state index in [2.05, 4.69) is 10.6 Å². The van der Waals surface area contributed by atoms with Gasteiger partial charge in [-0.3, -0.25) is 9.59 Å². The molecule has 0 radical (unpaired) electrons. The van der Waals surface area contributed by atoms with Crippen molar-refractivity contribution in [2.75, 3.05) is 10.6 Å². The van der Waals surface area contributed by atoms with Gasteiger partial charge < -0.3 is 10.6 Å². The molecule has 0 fully saturated rings. The molecule has 3 aromatic carbocycles. The highest BCUT2D eigenvalue weighted by Gasteiger charge is 2.27. The molecule has 0 spiro atoms. The van der Waals surface area contributed by atoms with Gasteiger partial charge >= 0.3 is 0 Å². The monoisotopic (exact) mass is 440 g/mol. The number of benzene rings is 3. The maximum atomic E-state index is 13.4. The zero-order chi connectivity index (χ0) is 22.1. The van der Waals surface area contributed by atoms with Crippen molar-refractivity contribution in [1.29, 1.82) is 0 Å². The summed E-state index contributed by atoms with van der Waals surface area (Å²) in [6.45, 7) is 1.97. The minimum Gasteiger partial charge on any atom is -0.322 e. The molecule has 32 heavy (non-hydrogen) atoms. The van der Waals surface area contributed by atoms with Gasteiger partial charge in [0.15, 0.2) is 0 Å². The summed E-state index contributed by atoms with van der Waals surface area (Å²) in [6.07, 6.45) is 4.00. The number of para-hydroxylation sites is 1. The Kier molecular flexibility index (Phi) is 5.50. The number of anilines is 2. The number of carbonyl (C=O) groups is 2. The summed E-state index contributed by atoms with van der Waals surface area (Å²) < 4.78 is 0. The van der Waals surface area contributed by atoms with Crippen LogP contribution in [0.2, 0.25) is 0 Å². The van der Waals surface area contributed by atoms with Crippen LogP contribution in [0.3, 0.4) is 0 Å². The van der Waals surface area contributed by atoms with Crippen LogP contribution in [0.1, 0.15) is 49.6 Å². The SMILES string of the molecule is Cc1ccccc1NC(=O)c1c(NC(=O)c2cccc3ccccc23)sc2c1CCCC2. The van der Waals surface area contributed by atoms with E-state index in [4.69, 9.17) is 0 Å². The molecule has 0 aliphatic heterocycles. The number of carbonyl (C=O) groups excluding carboxylic acids is 2. The third kappa shape index (κ3) is 3.80. The molecule has 0 atom stereocenters. The van der Waals surface area contributed by atoms with E-state index in [1.165, 1.54) is 4.88 Å². The lowest BCUT2D eigenvalue weighted by atomic mass is 9.95. The number of fused-ring (bicyclic) bond motifs is 2. The maximum absolute atomic E-state index is 13.4. The number of rotatable bonds is 4. The number of nitrogens with one attached hydrogen (secondary N) is 2. The fourth-order valence-corrected chi connectivity index (χ4v) is 5.67. The predicted molar refractivity (Wildman–Crippen MR) is 132 cm³/mol. The van der Waals surface area contributed by atoms with E-state index in [0.717, 1.165) is 53.3 Å². The van der Waals surface area contributed by atoms with Crippen LogP contribution in [0.25, 0.3) is 10.8 Å². The van der Waals surface area contributed by atoms with Gasteiger partial charge in [0, 0.05) is 16.1 Å². The van der Waals surface area contributed by atoms with E-state index in [1.54, 1.807) is 11.3 Å². The predicted octanol–water partition coefficient (Wildman–Crippen LogP) is 6.59. The molecule has 0 saturated carbocycles. The number of aryl methyl sites for hydroxylation is 2. The second-order valence-electron chi connectivity index (χ2n) is 8.16. The van der Waals surface area contributed by atoms with Crippen molar-refractivity contribution in [2.45, 2.75) is 32.6 Å². The highest BCUT2D eigenvalue weighted by molar-refractivity contribution is 7.17. The second-order valence-corrected chi connectivity index (χ2v) is 9.27. The van der Waals surface area contributed by atoms with Gasteiger partial charge in [-0.25, -0.2) is 0 Å². The van der Waals surface area contributed by atoms with Crippen LogP contribution in [0.4, 0.5) is 10.7 Å². The molecule has 2 amide bonds. The Balaban J connectivity index is 1.51. The van der Waals surface area contributed by atoms with Gasteiger partial charge in [0.1, 0.15) is 5.00 Å². The van der Waals surface area contributed by atoms with Crippen molar-refractivity contribution in [1.82, 2.24) is 0 Å². The van der Waals surface area contributed by atoms with Gasteiger partial charge in [-0.05, 0) is 66.6 Å². The fraction of sp³-hybridized carbons (Fsp3) is 0.185. The van der Waals surface area contributed by atoms with Gasteiger partial charge in [0.05, 0.1) is 5.56 Å². The van der Waals surface area contributed by atoms with E-state index in [1.807, 2.05) is 73.7 Å². The quantitative estimate of drug-likeness (QED) is 0.376. The van der Waals surface area contributed by atoms with Crippen molar-refractivity contribution in [3.05, 3.63) is 93.9 Å². The van der Waals surface area contributed by atoms with E-state index < -0.39 is 0 Å². The first kappa shape index (κ1) is 20.5. The van der Waals surface area contributed by atoms with E-state index in [0.29, 0.717) is 16.1 Å². The Morgan fingerprint density at radius 2 is 1.56 bits per heavy atom. The Morgan fingerprint density at radius 3 is 2.44 bits per heavy atom. The molecule has 1 aliphatic carbocycles.